The lowest BCUT2D eigenvalue weighted by Gasteiger charge is -2.10. The Balaban J connectivity index is 1.44. The maximum Gasteiger partial charge on any atom is 0.259 e. The van der Waals surface area contributed by atoms with Crippen molar-refractivity contribution in [3.05, 3.63) is 47.7 Å². The first-order chi connectivity index (χ1) is 12.2. The summed E-state index contributed by atoms with van der Waals surface area (Å²) >= 11 is 1.46. The van der Waals surface area contributed by atoms with E-state index in [4.69, 9.17) is 9.47 Å². The molecule has 128 valence electrons. The molecule has 1 aromatic carbocycles. The number of thiazole rings is 1. The van der Waals surface area contributed by atoms with Crippen LogP contribution >= 0.6 is 11.3 Å². The van der Waals surface area contributed by atoms with Gasteiger partial charge in [0.05, 0.1) is 29.0 Å². The second kappa shape index (κ2) is 6.78. The van der Waals surface area contributed by atoms with E-state index >= 15 is 0 Å². The van der Waals surface area contributed by atoms with Gasteiger partial charge in [0.1, 0.15) is 6.10 Å². The Morgan fingerprint density at radius 1 is 1.36 bits per heavy atom. The van der Waals surface area contributed by atoms with Crippen molar-refractivity contribution in [3.8, 4) is 5.88 Å². The van der Waals surface area contributed by atoms with Crippen LogP contribution in [0, 0.1) is 6.92 Å². The Morgan fingerprint density at radius 2 is 2.28 bits per heavy atom. The number of nitrogens with one attached hydrogen (secondary N) is 1. The fourth-order valence-electron chi connectivity index (χ4n) is 2.62. The molecule has 1 saturated heterocycles. The summed E-state index contributed by atoms with van der Waals surface area (Å²) in [6, 6.07) is 9.42. The number of fused-ring (bicyclic) bond motifs is 1. The molecule has 1 atom stereocenters. The summed E-state index contributed by atoms with van der Waals surface area (Å²) in [5.41, 5.74) is 2.51. The van der Waals surface area contributed by atoms with Gasteiger partial charge >= 0.3 is 0 Å². The molecule has 1 unspecified atom stereocenters. The summed E-state index contributed by atoms with van der Waals surface area (Å²) in [7, 11) is 0. The Morgan fingerprint density at radius 3 is 3.04 bits per heavy atom. The molecular formula is C18H17N3O3S. The van der Waals surface area contributed by atoms with Gasteiger partial charge in [0.25, 0.3) is 5.91 Å². The van der Waals surface area contributed by atoms with Crippen molar-refractivity contribution in [2.24, 2.45) is 0 Å². The molecule has 0 bridgehead atoms. The highest BCUT2D eigenvalue weighted by Gasteiger charge is 2.18. The van der Waals surface area contributed by atoms with Gasteiger partial charge in [-0.1, -0.05) is 17.4 Å². The van der Waals surface area contributed by atoms with E-state index in [0.717, 1.165) is 16.6 Å². The van der Waals surface area contributed by atoms with Crippen LogP contribution in [0.4, 0.5) is 5.13 Å². The summed E-state index contributed by atoms with van der Waals surface area (Å²) in [6.45, 7) is 3.33. The monoisotopic (exact) mass is 355 g/mol. The number of ether oxygens (including phenoxy) is 2. The van der Waals surface area contributed by atoms with Crippen molar-refractivity contribution in [2.75, 3.05) is 18.5 Å². The number of nitrogens with zero attached hydrogens (tertiary/aromatic N) is 2. The number of amides is 1. The first-order valence-corrected chi connectivity index (χ1v) is 8.88. The average molecular weight is 355 g/mol. The molecule has 1 fully saturated rings. The highest BCUT2D eigenvalue weighted by atomic mass is 32.1. The van der Waals surface area contributed by atoms with Gasteiger partial charge in [-0.05, 0) is 30.7 Å². The zero-order valence-electron chi connectivity index (χ0n) is 13.7. The van der Waals surface area contributed by atoms with E-state index in [2.05, 4.69) is 21.4 Å². The Kier molecular flexibility index (Phi) is 4.33. The predicted molar refractivity (Wildman–Crippen MR) is 96.4 cm³/mol. The van der Waals surface area contributed by atoms with Crippen LogP contribution in [0.15, 0.2) is 36.5 Å². The standard InChI is InChI=1S/C18H17N3O3S/c1-11-2-4-14-15(8-11)25-18(20-14)21-17(22)12-3-5-16(19-9-12)24-13-6-7-23-10-13/h2-5,8-9,13H,6-7,10H2,1H3,(H,20,21,22). The molecule has 1 N–H and O–H groups in total. The lowest BCUT2D eigenvalue weighted by molar-refractivity contribution is 0.102. The molecule has 3 heterocycles. The van der Waals surface area contributed by atoms with Gasteiger partial charge in [-0.15, -0.1) is 0 Å². The number of anilines is 1. The molecule has 3 aromatic rings. The van der Waals surface area contributed by atoms with Gasteiger partial charge in [0.15, 0.2) is 5.13 Å². The van der Waals surface area contributed by atoms with Gasteiger partial charge in [-0.25, -0.2) is 9.97 Å². The van der Waals surface area contributed by atoms with Gasteiger partial charge in [0.2, 0.25) is 5.88 Å². The van der Waals surface area contributed by atoms with Crippen LogP contribution in [0.5, 0.6) is 5.88 Å². The number of benzene rings is 1. The van der Waals surface area contributed by atoms with Crippen LogP contribution in [0.1, 0.15) is 22.3 Å². The molecule has 0 saturated carbocycles. The summed E-state index contributed by atoms with van der Waals surface area (Å²) in [5, 5.41) is 3.41. The molecule has 2 aromatic heterocycles. The van der Waals surface area contributed by atoms with Crippen LogP contribution in [0.25, 0.3) is 10.2 Å². The predicted octanol–water partition coefficient (Wildman–Crippen LogP) is 3.42. The molecule has 0 radical (unpaired) electrons. The maximum absolute atomic E-state index is 12.4. The largest absolute Gasteiger partial charge is 0.472 e. The number of hydrogen-bond acceptors (Lipinski definition) is 6. The van der Waals surface area contributed by atoms with E-state index in [0.29, 0.717) is 29.8 Å². The third-order valence-electron chi connectivity index (χ3n) is 3.94. The van der Waals surface area contributed by atoms with Crippen LogP contribution in [-0.4, -0.2) is 35.2 Å². The Hall–Kier alpha value is -2.51. The van der Waals surface area contributed by atoms with Crippen LogP contribution < -0.4 is 10.1 Å². The second-order valence-corrected chi connectivity index (χ2v) is 6.96. The minimum absolute atomic E-state index is 0.0402. The van der Waals surface area contributed by atoms with E-state index in [-0.39, 0.29) is 12.0 Å². The molecule has 6 nitrogen and oxygen atoms in total. The third-order valence-corrected chi connectivity index (χ3v) is 4.87. The van der Waals surface area contributed by atoms with Crippen molar-refractivity contribution in [1.29, 1.82) is 0 Å². The molecule has 0 aliphatic carbocycles. The molecule has 0 spiro atoms. The average Bonchev–Trinajstić information content (AvgIpc) is 3.24. The van der Waals surface area contributed by atoms with Gasteiger partial charge in [-0.2, -0.15) is 0 Å². The zero-order chi connectivity index (χ0) is 17.2. The first-order valence-electron chi connectivity index (χ1n) is 8.06. The van der Waals surface area contributed by atoms with Gasteiger partial charge < -0.3 is 9.47 Å². The minimum Gasteiger partial charge on any atom is -0.472 e. The van der Waals surface area contributed by atoms with Crippen LogP contribution in [0.3, 0.4) is 0 Å². The van der Waals surface area contributed by atoms with Crippen molar-refractivity contribution < 1.29 is 14.3 Å². The summed E-state index contributed by atoms with van der Waals surface area (Å²) in [4.78, 5) is 21.0. The molecule has 25 heavy (non-hydrogen) atoms. The summed E-state index contributed by atoms with van der Waals surface area (Å²) in [6.07, 6.45) is 2.41. The molecule has 1 aliphatic rings. The number of rotatable bonds is 4. The highest BCUT2D eigenvalue weighted by molar-refractivity contribution is 7.22. The lowest BCUT2D eigenvalue weighted by atomic mass is 10.2. The second-order valence-electron chi connectivity index (χ2n) is 5.93. The molecule has 1 amide bonds. The van der Waals surface area contributed by atoms with Crippen molar-refractivity contribution >= 4 is 32.6 Å². The van der Waals surface area contributed by atoms with E-state index in [1.165, 1.54) is 23.1 Å². The van der Waals surface area contributed by atoms with Gasteiger partial charge in [-0.3, -0.25) is 10.1 Å². The third kappa shape index (κ3) is 3.62. The summed E-state index contributed by atoms with van der Waals surface area (Å²) < 4.78 is 12.0. The van der Waals surface area contributed by atoms with Crippen molar-refractivity contribution in [3.63, 3.8) is 0 Å². The SMILES string of the molecule is Cc1ccc2nc(NC(=O)c3ccc(OC4CCOC4)nc3)sc2c1. The smallest absolute Gasteiger partial charge is 0.259 e. The Labute approximate surface area is 148 Å². The number of aromatic nitrogens is 2. The zero-order valence-corrected chi connectivity index (χ0v) is 14.5. The normalized spacial score (nSPS) is 16.9. The fraction of sp³-hybridized carbons (Fsp3) is 0.278. The van der Waals surface area contributed by atoms with E-state index in [1.54, 1.807) is 12.1 Å². The maximum atomic E-state index is 12.4. The summed E-state index contributed by atoms with van der Waals surface area (Å²) in [5.74, 6) is 0.265. The molecule has 1 aliphatic heterocycles. The number of pyridine rings is 1. The minimum atomic E-state index is -0.237. The van der Waals surface area contributed by atoms with E-state index in [9.17, 15) is 4.79 Å². The highest BCUT2D eigenvalue weighted by Crippen LogP contribution is 2.27. The number of carbonyl (C=O) groups is 1. The number of carbonyl (C=O) groups excluding carboxylic acids is 1. The number of aryl methyl sites for hydroxylation is 1. The van der Waals surface area contributed by atoms with Crippen LogP contribution in [-0.2, 0) is 4.74 Å². The quantitative estimate of drug-likeness (QED) is 0.776. The molecular weight excluding hydrogens is 338 g/mol. The fourth-order valence-corrected chi connectivity index (χ4v) is 3.57. The topological polar surface area (TPSA) is 73.3 Å². The van der Waals surface area contributed by atoms with Crippen molar-refractivity contribution in [2.45, 2.75) is 19.4 Å². The van der Waals surface area contributed by atoms with Gasteiger partial charge in [0, 0.05) is 18.7 Å². The molecule has 4 rings (SSSR count). The Bertz CT molecular complexity index is 902. The number of hydrogen-bond donors (Lipinski definition) is 1. The van der Waals surface area contributed by atoms with E-state index < -0.39 is 0 Å². The molecule has 7 heteroatoms. The first kappa shape index (κ1) is 16.0. The lowest BCUT2D eigenvalue weighted by Crippen LogP contribution is -2.17. The van der Waals surface area contributed by atoms with Crippen LogP contribution in [0.2, 0.25) is 0 Å². The van der Waals surface area contributed by atoms with Crippen molar-refractivity contribution in [1.82, 2.24) is 9.97 Å². The van der Waals surface area contributed by atoms with E-state index in [1.807, 2.05) is 19.1 Å².